The van der Waals surface area contributed by atoms with E-state index in [-0.39, 0.29) is 17.2 Å². The fraction of sp³-hybridized carbons (Fsp3) is 0.440. The molecule has 168 valence electrons. The van der Waals surface area contributed by atoms with Crippen molar-refractivity contribution in [2.75, 3.05) is 19.1 Å². The molecule has 1 atom stereocenters. The van der Waals surface area contributed by atoms with Gasteiger partial charge >= 0.3 is 0 Å². The Labute approximate surface area is 190 Å². The van der Waals surface area contributed by atoms with Gasteiger partial charge in [0, 0.05) is 19.2 Å². The minimum absolute atomic E-state index is 0.0227. The van der Waals surface area contributed by atoms with Crippen LogP contribution in [0.4, 0.5) is 0 Å². The van der Waals surface area contributed by atoms with Crippen LogP contribution in [0.1, 0.15) is 54.2 Å². The van der Waals surface area contributed by atoms with E-state index in [4.69, 9.17) is 4.74 Å². The Morgan fingerprint density at radius 1 is 1.03 bits per heavy atom. The molecular formula is C25H34N2O3S. The highest BCUT2D eigenvalue weighted by Gasteiger charge is 2.22. The van der Waals surface area contributed by atoms with Gasteiger partial charge in [-0.1, -0.05) is 57.2 Å². The van der Waals surface area contributed by atoms with E-state index in [9.17, 15) is 9.59 Å². The third kappa shape index (κ3) is 7.71. The molecule has 5 nitrogen and oxygen atoms in total. The van der Waals surface area contributed by atoms with Gasteiger partial charge in [-0.15, -0.1) is 0 Å². The average Bonchev–Trinajstić information content (AvgIpc) is 2.75. The number of thioether (sulfide) groups is 1. The molecule has 2 N–H and O–H groups in total. The van der Waals surface area contributed by atoms with Gasteiger partial charge in [-0.05, 0) is 52.7 Å². The maximum atomic E-state index is 12.9. The number of hydrogen-bond acceptors (Lipinski definition) is 4. The quantitative estimate of drug-likeness (QED) is 0.576. The summed E-state index contributed by atoms with van der Waals surface area (Å²) in [6, 6.07) is 14.8. The molecule has 0 aliphatic rings. The fourth-order valence-electron chi connectivity index (χ4n) is 3.20. The highest BCUT2D eigenvalue weighted by Crippen LogP contribution is 2.22. The maximum absolute atomic E-state index is 12.9. The smallest absolute Gasteiger partial charge is 0.251 e. The molecule has 0 fully saturated rings. The average molecular weight is 443 g/mol. The summed E-state index contributed by atoms with van der Waals surface area (Å²) >= 11 is 1.65. The van der Waals surface area contributed by atoms with E-state index in [0.717, 1.165) is 22.4 Å². The highest BCUT2D eigenvalue weighted by atomic mass is 32.2. The minimum Gasteiger partial charge on any atom is -0.380 e. The van der Waals surface area contributed by atoms with Gasteiger partial charge < -0.3 is 15.4 Å². The normalized spacial score (nSPS) is 12.3. The Morgan fingerprint density at radius 2 is 1.68 bits per heavy atom. The van der Waals surface area contributed by atoms with Gasteiger partial charge in [-0.3, -0.25) is 9.59 Å². The first-order valence-electron chi connectivity index (χ1n) is 10.5. The van der Waals surface area contributed by atoms with Gasteiger partial charge in [0.1, 0.15) is 6.04 Å². The summed E-state index contributed by atoms with van der Waals surface area (Å²) in [5, 5.41) is 5.89. The van der Waals surface area contributed by atoms with Crippen molar-refractivity contribution in [2.45, 2.75) is 51.8 Å². The predicted octanol–water partition coefficient (Wildman–Crippen LogP) is 4.30. The zero-order chi connectivity index (χ0) is 22.9. The van der Waals surface area contributed by atoms with Crippen LogP contribution < -0.4 is 10.6 Å². The summed E-state index contributed by atoms with van der Waals surface area (Å²) < 4.78 is 5.23. The van der Waals surface area contributed by atoms with Crippen molar-refractivity contribution < 1.29 is 14.3 Å². The van der Waals surface area contributed by atoms with Gasteiger partial charge in [0.15, 0.2) is 0 Å². The van der Waals surface area contributed by atoms with E-state index in [1.54, 1.807) is 18.9 Å². The van der Waals surface area contributed by atoms with Gasteiger partial charge in [-0.25, -0.2) is 0 Å². The van der Waals surface area contributed by atoms with Crippen LogP contribution in [0.25, 0.3) is 0 Å². The number of amides is 2. The largest absolute Gasteiger partial charge is 0.380 e. The van der Waals surface area contributed by atoms with E-state index in [2.05, 4.69) is 31.4 Å². The third-order valence-electron chi connectivity index (χ3n) is 5.12. The van der Waals surface area contributed by atoms with E-state index in [0.29, 0.717) is 25.1 Å². The highest BCUT2D eigenvalue weighted by molar-refractivity contribution is 7.98. The summed E-state index contributed by atoms with van der Waals surface area (Å²) in [6.07, 6.45) is 2.56. The van der Waals surface area contributed by atoms with Crippen molar-refractivity contribution >= 4 is 23.6 Å². The lowest BCUT2D eigenvalue weighted by molar-refractivity contribution is -0.123. The van der Waals surface area contributed by atoms with Crippen LogP contribution in [0, 0.1) is 0 Å². The molecule has 0 aliphatic heterocycles. The Morgan fingerprint density at radius 3 is 2.26 bits per heavy atom. The number of benzene rings is 2. The molecule has 2 amide bonds. The Hall–Kier alpha value is -2.31. The molecule has 1 unspecified atom stereocenters. The maximum Gasteiger partial charge on any atom is 0.251 e. The second-order valence-corrected chi connectivity index (χ2v) is 9.54. The van der Waals surface area contributed by atoms with Crippen LogP contribution in [0.5, 0.6) is 0 Å². The molecule has 2 aromatic rings. The zero-order valence-corrected chi connectivity index (χ0v) is 20.0. The Bertz CT molecular complexity index is 860. The molecule has 0 saturated heterocycles. The topological polar surface area (TPSA) is 67.4 Å². The Balaban J connectivity index is 2.05. The lowest BCUT2D eigenvalue weighted by Gasteiger charge is -2.20. The predicted molar refractivity (Wildman–Crippen MR) is 128 cm³/mol. The van der Waals surface area contributed by atoms with Crippen LogP contribution in [-0.2, 0) is 28.1 Å². The first-order chi connectivity index (χ1) is 14.8. The van der Waals surface area contributed by atoms with Crippen molar-refractivity contribution in [2.24, 2.45) is 0 Å². The number of carbonyl (C=O) groups is 2. The van der Waals surface area contributed by atoms with Crippen molar-refractivity contribution in [1.82, 2.24) is 10.6 Å². The van der Waals surface area contributed by atoms with Crippen molar-refractivity contribution in [3.8, 4) is 0 Å². The summed E-state index contributed by atoms with van der Waals surface area (Å²) in [5.74, 6) is 0.365. The van der Waals surface area contributed by atoms with Gasteiger partial charge in [-0.2, -0.15) is 11.8 Å². The fourth-order valence-corrected chi connectivity index (χ4v) is 3.67. The van der Waals surface area contributed by atoms with Crippen LogP contribution in [0.3, 0.4) is 0 Å². The first kappa shape index (κ1) is 25.0. The summed E-state index contributed by atoms with van der Waals surface area (Å²) in [5.41, 5.74) is 3.78. The number of methoxy groups -OCH3 is 1. The molecule has 0 saturated carbocycles. The first-order valence-corrected chi connectivity index (χ1v) is 11.9. The van der Waals surface area contributed by atoms with E-state index < -0.39 is 6.04 Å². The van der Waals surface area contributed by atoms with Crippen molar-refractivity contribution in [3.05, 3.63) is 70.8 Å². The molecule has 0 heterocycles. The minimum atomic E-state index is -0.586. The van der Waals surface area contributed by atoms with Crippen LogP contribution >= 0.6 is 11.8 Å². The molecule has 2 aromatic carbocycles. The number of rotatable bonds is 10. The standard InChI is InChI=1S/C25H34N2O3S/c1-25(2,3)21-12-10-18(11-13-21)23(28)27-22(14-15-31-5)24(29)26-16-19-8-6-7-9-20(19)17-30-4/h6-13,22H,14-17H2,1-5H3,(H,26,29)(H,27,28). The molecule has 0 bridgehead atoms. The molecular weight excluding hydrogens is 408 g/mol. The van der Waals surface area contributed by atoms with Gasteiger partial charge in [0.25, 0.3) is 5.91 Å². The lowest BCUT2D eigenvalue weighted by Crippen LogP contribution is -2.47. The second kappa shape index (κ2) is 11.9. The number of hydrogen-bond donors (Lipinski definition) is 2. The number of nitrogens with one attached hydrogen (secondary N) is 2. The zero-order valence-electron chi connectivity index (χ0n) is 19.2. The number of carbonyl (C=O) groups excluding carboxylic acids is 2. The third-order valence-corrected chi connectivity index (χ3v) is 5.76. The van der Waals surface area contributed by atoms with Gasteiger partial charge in [0.05, 0.1) is 6.61 Å². The number of ether oxygens (including phenoxy) is 1. The second-order valence-electron chi connectivity index (χ2n) is 8.55. The summed E-state index contributed by atoms with van der Waals surface area (Å²) in [7, 11) is 1.65. The molecule has 2 rings (SSSR count). The summed E-state index contributed by atoms with van der Waals surface area (Å²) in [6.45, 7) is 7.29. The van der Waals surface area contributed by atoms with Crippen LogP contribution in [-0.4, -0.2) is 37.0 Å². The van der Waals surface area contributed by atoms with E-state index in [1.165, 1.54) is 0 Å². The molecule has 0 radical (unpaired) electrons. The SMILES string of the molecule is COCc1ccccc1CNC(=O)C(CCSC)NC(=O)c1ccc(C(C)(C)C)cc1. The van der Waals surface area contributed by atoms with Crippen LogP contribution in [0.15, 0.2) is 48.5 Å². The van der Waals surface area contributed by atoms with E-state index >= 15 is 0 Å². The van der Waals surface area contributed by atoms with E-state index in [1.807, 2.05) is 54.8 Å². The van der Waals surface area contributed by atoms with Crippen molar-refractivity contribution in [3.63, 3.8) is 0 Å². The molecule has 0 aromatic heterocycles. The van der Waals surface area contributed by atoms with Crippen LogP contribution in [0.2, 0.25) is 0 Å². The monoisotopic (exact) mass is 442 g/mol. The van der Waals surface area contributed by atoms with Gasteiger partial charge in [0.2, 0.25) is 5.91 Å². The Kier molecular flexibility index (Phi) is 9.59. The lowest BCUT2D eigenvalue weighted by atomic mass is 9.86. The summed E-state index contributed by atoms with van der Waals surface area (Å²) in [4.78, 5) is 25.7. The molecule has 31 heavy (non-hydrogen) atoms. The molecule has 0 spiro atoms. The molecule has 6 heteroatoms. The van der Waals surface area contributed by atoms with Crippen molar-refractivity contribution in [1.29, 1.82) is 0 Å². The molecule has 0 aliphatic carbocycles.